The molecule has 1 amide bonds. The van der Waals surface area contributed by atoms with Gasteiger partial charge in [0.25, 0.3) is 5.91 Å². The first-order valence-electron chi connectivity index (χ1n) is 8.75. The summed E-state index contributed by atoms with van der Waals surface area (Å²) >= 11 is 1.60. The van der Waals surface area contributed by atoms with Gasteiger partial charge >= 0.3 is 0 Å². The summed E-state index contributed by atoms with van der Waals surface area (Å²) in [5.41, 5.74) is 0.348. The van der Waals surface area contributed by atoms with E-state index in [2.05, 4.69) is 5.32 Å². The summed E-state index contributed by atoms with van der Waals surface area (Å²) in [5, 5.41) is 5.01. The van der Waals surface area contributed by atoms with Gasteiger partial charge in [0.2, 0.25) is 10.0 Å². The highest BCUT2D eigenvalue weighted by Gasteiger charge is 2.24. The third kappa shape index (κ3) is 4.52. The molecule has 0 aliphatic carbocycles. The number of nitrogens with one attached hydrogen (secondary N) is 1. The lowest BCUT2D eigenvalue weighted by Crippen LogP contribution is -2.32. The van der Waals surface area contributed by atoms with Crippen molar-refractivity contribution in [3.05, 3.63) is 52.2 Å². The molecule has 0 radical (unpaired) electrons. The molecule has 7 heteroatoms. The number of thiophene rings is 1. The lowest BCUT2D eigenvalue weighted by molar-refractivity contribution is 0.0926. The summed E-state index contributed by atoms with van der Waals surface area (Å²) in [6.45, 7) is 8.47. The van der Waals surface area contributed by atoms with Gasteiger partial charge in [-0.3, -0.25) is 4.79 Å². The van der Waals surface area contributed by atoms with E-state index in [0.717, 1.165) is 4.88 Å². The molecule has 0 spiro atoms. The van der Waals surface area contributed by atoms with Crippen molar-refractivity contribution in [1.29, 1.82) is 0 Å². The van der Waals surface area contributed by atoms with Gasteiger partial charge in [0.15, 0.2) is 0 Å². The van der Waals surface area contributed by atoms with Gasteiger partial charge in [0.05, 0.1) is 10.9 Å². The maximum atomic E-state index is 12.7. The van der Waals surface area contributed by atoms with Gasteiger partial charge in [0, 0.05) is 23.5 Å². The molecule has 1 N–H and O–H groups in total. The van der Waals surface area contributed by atoms with Crippen LogP contribution in [-0.4, -0.2) is 31.7 Å². The molecule has 1 aromatic carbocycles. The summed E-state index contributed by atoms with van der Waals surface area (Å²) in [4.78, 5) is 14.0. The smallest absolute Gasteiger partial charge is 0.251 e. The van der Waals surface area contributed by atoms with Crippen LogP contribution in [0.4, 0.5) is 0 Å². The molecule has 142 valence electrons. The van der Waals surface area contributed by atoms with E-state index >= 15 is 0 Å². The van der Waals surface area contributed by atoms with Crippen LogP contribution >= 0.6 is 11.3 Å². The number of hydrogen-bond acceptors (Lipinski definition) is 4. The van der Waals surface area contributed by atoms with Crippen molar-refractivity contribution in [3.8, 4) is 0 Å². The minimum Gasteiger partial charge on any atom is -0.344 e. The van der Waals surface area contributed by atoms with Crippen molar-refractivity contribution in [2.75, 3.05) is 13.1 Å². The molecule has 0 aliphatic rings. The molecule has 26 heavy (non-hydrogen) atoms. The second kappa shape index (κ2) is 8.79. The maximum Gasteiger partial charge on any atom is 0.251 e. The van der Waals surface area contributed by atoms with E-state index < -0.39 is 10.0 Å². The van der Waals surface area contributed by atoms with Crippen LogP contribution in [0.15, 0.2) is 46.7 Å². The Morgan fingerprint density at radius 1 is 1.15 bits per heavy atom. The molecule has 1 heterocycles. The van der Waals surface area contributed by atoms with Gasteiger partial charge in [0.1, 0.15) is 0 Å². The summed E-state index contributed by atoms with van der Waals surface area (Å²) in [5.74, 6) is -0.0473. The minimum atomic E-state index is -3.59. The number of hydrogen-bond donors (Lipinski definition) is 1. The Morgan fingerprint density at radius 3 is 2.38 bits per heavy atom. The van der Waals surface area contributed by atoms with E-state index in [-0.39, 0.29) is 22.8 Å². The van der Waals surface area contributed by atoms with Crippen molar-refractivity contribution < 1.29 is 13.2 Å². The number of carbonyl (C=O) groups excluding carboxylic acids is 1. The highest BCUT2D eigenvalue weighted by Crippen LogP contribution is 2.26. The SMILES string of the molecule is CCN(CC)S(=O)(=O)c1cccc(C(=O)NC(c2cccs2)C(C)C)c1. The van der Waals surface area contributed by atoms with Crippen LogP contribution < -0.4 is 5.32 Å². The van der Waals surface area contributed by atoms with Crippen LogP contribution in [-0.2, 0) is 10.0 Å². The highest BCUT2D eigenvalue weighted by atomic mass is 32.2. The second-order valence-corrected chi connectivity index (χ2v) is 9.24. The van der Waals surface area contributed by atoms with Gasteiger partial charge in [-0.15, -0.1) is 11.3 Å². The molecule has 0 saturated heterocycles. The predicted molar refractivity (Wildman–Crippen MR) is 106 cm³/mol. The third-order valence-corrected chi connectivity index (χ3v) is 7.24. The molecular weight excluding hydrogens is 368 g/mol. The van der Waals surface area contributed by atoms with Crippen molar-refractivity contribution >= 4 is 27.3 Å². The lowest BCUT2D eigenvalue weighted by Gasteiger charge is -2.22. The Hall–Kier alpha value is -1.70. The fourth-order valence-electron chi connectivity index (χ4n) is 2.77. The molecule has 1 aromatic heterocycles. The van der Waals surface area contributed by atoms with E-state index in [4.69, 9.17) is 0 Å². The van der Waals surface area contributed by atoms with Gasteiger partial charge in [-0.2, -0.15) is 4.31 Å². The normalized spacial score (nSPS) is 13.2. The van der Waals surface area contributed by atoms with Crippen LogP contribution in [0.25, 0.3) is 0 Å². The molecule has 0 aliphatic heterocycles. The summed E-state index contributed by atoms with van der Waals surface area (Å²) in [6.07, 6.45) is 0. The van der Waals surface area contributed by atoms with E-state index in [1.54, 1.807) is 37.3 Å². The van der Waals surface area contributed by atoms with Crippen molar-refractivity contribution in [1.82, 2.24) is 9.62 Å². The Morgan fingerprint density at radius 2 is 1.85 bits per heavy atom. The van der Waals surface area contributed by atoms with Gasteiger partial charge < -0.3 is 5.32 Å². The number of rotatable bonds is 8. The third-order valence-electron chi connectivity index (χ3n) is 4.24. The van der Waals surface area contributed by atoms with Crippen LogP contribution in [0.2, 0.25) is 0 Å². The molecule has 0 bridgehead atoms. The zero-order chi connectivity index (χ0) is 19.3. The first-order chi connectivity index (χ1) is 12.3. The zero-order valence-electron chi connectivity index (χ0n) is 15.6. The zero-order valence-corrected chi connectivity index (χ0v) is 17.2. The van der Waals surface area contributed by atoms with Crippen LogP contribution in [0.1, 0.15) is 49.0 Å². The number of nitrogens with zero attached hydrogens (tertiary/aromatic N) is 1. The topological polar surface area (TPSA) is 66.5 Å². The minimum absolute atomic E-state index is 0.106. The van der Waals surface area contributed by atoms with Crippen molar-refractivity contribution in [3.63, 3.8) is 0 Å². The number of carbonyl (C=O) groups is 1. The number of benzene rings is 1. The molecule has 1 atom stereocenters. The fourth-order valence-corrected chi connectivity index (χ4v) is 5.22. The quantitative estimate of drug-likeness (QED) is 0.738. The Bertz CT molecular complexity index is 826. The Balaban J connectivity index is 2.28. The fraction of sp³-hybridized carbons (Fsp3) is 0.421. The largest absolute Gasteiger partial charge is 0.344 e. The maximum absolute atomic E-state index is 12.7. The molecule has 5 nitrogen and oxygen atoms in total. The average Bonchev–Trinajstić information content (AvgIpc) is 3.14. The molecule has 2 aromatic rings. The van der Waals surface area contributed by atoms with E-state index in [1.165, 1.54) is 16.4 Å². The first kappa shape index (κ1) is 20.6. The summed E-state index contributed by atoms with van der Waals surface area (Å²) < 4.78 is 26.7. The van der Waals surface area contributed by atoms with Crippen molar-refractivity contribution in [2.45, 2.75) is 38.6 Å². The van der Waals surface area contributed by atoms with E-state index in [9.17, 15) is 13.2 Å². The average molecular weight is 395 g/mol. The van der Waals surface area contributed by atoms with Gasteiger partial charge in [-0.1, -0.05) is 39.8 Å². The lowest BCUT2D eigenvalue weighted by atomic mass is 10.0. The standard InChI is InChI=1S/C19H26N2O3S2/c1-5-21(6-2)26(23,24)16-10-7-9-15(13-16)19(22)20-18(14(3)4)17-11-8-12-25-17/h7-14,18H,5-6H2,1-4H3,(H,20,22). The van der Waals surface area contributed by atoms with Crippen molar-refractivity contribution in [2.24, 2.45) is 5.92 Å². The predicted octanol–water partition coefficient (Wildman–Crippen LogP) is 3.91. The molecule has 0 fully saturated rings. The van der Waals surface area contributed by atoms with Gasteiger partial charge in [-0.25, -0.2) is 8.42 Å². The molecular formula is C19H26N2O3S2. The van der Waals surface area contributed by atoms with Crippen LogP contribution in [0, 0.1) is 5.92 Å². The Kier molecular flexibility index (Phi) is 6.97. The van der Waals surface area contributed by atoms with Gasteiger partial charge in [-0.05, 0) is 35.6 Å². The number of sulfonamides is 1. The summed E-state index contributed by atoms with van der Waals surface area (Å²) in [7, 11) is -3.59. The monoisotopic (exact) mass is 394 g/mol. The van der Waals surface area contributed by atoms with E-state index in [1.807, 2.05) is 31.4 Å². The van der Waals surface area contributed by atoms with Crippen LogP contribution in [0.5, 0.6) is 0 Å². The molecule has 1 unspecified atom stereocenters. The second-order valence-electron chi connectivity index (χ2n) is 6.33. The van der Waals surface area contributed by atoms with Crippen LogP contribution in [0.3, 0.4) is 0 Å². The Labute approximate surface area is 160 Å². The first-order valence-corrected chi connectivity index (χ1v) is 11.1. The highest BCUT2D eigenvalue weighted by molar-refractivity contribution is 7.89. The molecule has 0 saturated carbocycles. The summed E-state index contributed by atoms with van der Waals surface area (Å²) in [6, 6.07) is 10.1. The van der Waals surface area contributed by atoms with E-state index in [0.29, 0.717) is 18.7 Å². The number of amides is 1. The molecule has 2 rings (SSSR count).